The summed E-state index contributed by atoms with van der Waals surface area (Å²) in [6.45, 7) is 3.13. The van der Waals surface area contributed by atoms with Gasteiger partial charge in [-0.05, 0) is 38.8 Å². The molecule has 3 heteroatoms. The van der Waals surface area contributed by atoms with Gasteiger partial charge in [0.25, 0.3) is 0 Å². The number of piperidine rings is 1. The van der Waals surface area contributed by atoms with Crippen LogP contribution in [0.25, 0.3) is 0 Å². The minimum Gasteiger partial charge on any atom is -0.392 e. The number of hydrogen-bond donors (Lipinski definition) is 2. The van der Waals surface area contributed by atoms with Crippen LogP contribution in [0.4, 0.5) is 0 Å². The van der Waals surface area contributed by atoms with Crippen molar-refractivity contribution in [3.05, 3.63) is 0 Å². The lowest BCUT2D eigenvalue weighted by molar-refractivity contribution is 0.0546. The molecule has 0 spiro atoms. The van der Waals surface area contributed by atoms with Crippen molar-refractivity contribution in [2.24, 2.45) is 5.92 Å². The van der Waals surface area contributed by atoms with Gasteiger partial charge in [0.05, 0.1) is 6.10 Å². The summed E-state index contributed by atoms with van der Waals surface area (Å²) in [6.07, 6.45) is 10.3. The van der Waals surface area contributed by atoms with Crippen LogP contribution < -0.4 is 5.32 Å². The van der Waals surface area contributed by atoms with Gasteiger partial charge in [-0.2, -0.15) is 0 Å². The monoisotopic (exact) mass is 254 g/mol. The Hall–Kier alpha value is -0.120. The van der Waals surface area contributed by atoms with E-state index in [1.54, 1.807) is 0 Å². The molecule has 2 atom stereocenters. The third-order valence-corrected chi connectivity index (χ3v) is 4.71. The molecular weight excluding hydrogens is 224 g/mol. The number of likely N-dealkylation sites (tertiary alicyclic amines) is 1. The number of β-amino-alcohol motifs (C(OH)–C–C–N with tert-alkyl or cyclic N) is 1. The Labute approximate surface area is 112 Å². The summed E-state index contributed by atoms with van der Waals surface area (Å²) in [5, 5.41) is 13.6. The van der Waals surface area contributed by atoms with E-state index >= 15 is 0 Å². The van der Waals surface area contributed by atoms with Gasteiger partial charge in [-0.25, -0.2) is 0 Å². The van der Waals surface area contributed by atoms with Crippen LogP contribution in [0.1, 0.15) is 51.4 Å². The summed E-state index contributed by atoms with van der Waals surface area (Å²) in [6, 6.07) is 0.641. The first-order chi connectivity index (χ1) is 8.79. The largest absolute Gasteiger partial charge is 0.392 e. The fraction of sp³-hybridized carbons (Fsp3) is 1.00. The molecule has 0 aromatic rings. The van der Waals surface area contributed by atoms with Crippen LogP contribution in [-0.4, -0.2) is 48.8 Å². The van der Waals surface area contributed by atoms with Crippen molar-refractivity contribution in [3.63, 3.8) is 0 Å². The zero-order valence-corrected chi connectivity index (χ0v) is 11.9. The summed E-state index contributed by atoms with van der Waals surface area (Å²) in [5.41, 5.74) is 0. The molecule has 2 fully saturated rings. The maximum Gasteiger partial charge on any atom is 0.0669 e. The van der Waals surface area contributed by atoms with E-state index in [4.69, 9.17) is 0 Å². The minimum absolute atomic E-state index is 0.106. The Kier molecular flexibility index (Phi) is 5.93. The molecule has 18 heavy (non-hydrogen) atoms. The number of nitrogens with zero attached hydrogens (tertiary/aromatic N) is 1. The molecule has 106 valence electrons. The predicted molar refractivity (Wildman–Crippen MR) is 75.7 cm³/mol. The van der Waals surface area contributed by atoms with Crippen molar-refractivity contribution in [3.8, 4) is 0 Å². The average Bonchev–Trinajstić information content (AvgIpc) is 2.84. The third-order valence-electron chi connectivity index (χ3n) is 4.71. The normalized spacial score (nSPS) is 28.7. The van der Waals surface area contributed by atoms with Gasteiger partial charge in [-0.15, -0.1) is 0 Å². The molecule has 3 nitrogen and oxygen atoms in total. The summed E-state index contributed by atoms with van der Waals surface area (Å²) in [5.74, 6) is 0.799. The number of nitrogens with one attached hydrogen (secondary N) is 1. The van der Waals surface area contributed by atoms with Crippen molar-refractivity contribution < 1.29 is 5.11 Å². The molecule has 2 rings (SSSR count). The maximum atomic E-state index is 10.3. The molecule has 2 N–H and O–H groups in total. The van der Waals surface area contributed by atoms with E-state index in [2.05, 4.69) is 10.2 Å². The summed E-state index contributed by atoms with van der Waals surface area (Å²) >= 11 is 0. The van der Waals surface area contributed by atoms with Crippen molar-refractivity contribution >= 4 is 0 Å². The van der Waals surface area contributed by atoms with E-state index in [0.717, 1.165) is 25.4 Å². The van der Waals surface area contributed by atoms with Gasteiger partial charge in [0.1, 0.15) is 0 Å². The molecule has 0 radical (unpaired) electrons. The highest BCUT2D eigenvalue weighted by atomic mass is 16.3. The van der Waals surface area contributed by atoms with E-state index in [1.807, 2.05) is 7.05 Å². The molecule has 0 aromatic carbocycles. The van der Waals surface area contributed by atoms with Crippen LogP contribution in [0.3, 0.4) is 0 Å². The van der Waals surface area contributed by atoms with Crippen molar-refractivity contribution in [1.29, 1.82) is 0 Å². The minimum atomic E-state index is -0.106. The molecule has 1 heterocycles. The predicted octanol–water partition coefficient (Wildman–Crippen LogP) is 2.00. The second kappa shape index (κ2) is 7.46. The smallest absolute Gasteiger partial charge is 0.0669 e. The van der Waals surface area contributed by atoms with E-state index in [0.29, 0.717) is 6.04 Å². The number of aliphatic hydroxyl groups is 1. The molecule has 1 saturated heterocycles. The lowest BCUT2D eigenvalue weighted by Gasteiger charge is -2.37. The van der Waals surface area contributed by atoms with Crippen molar-refractivity contribution in [2.45, 2.75) is 63.5 Å². The zero-order valence-electron chi connectivity index (χ0n) is 11.9. The first-order valence-electron chi connectivity index (χ1n) is 7.86. The fourth-order valence-electron chi connectivity index (χ4n) is 3.74. The van der Waals surface area contributed by atoms with Crippen LogP contribution in [0.5, 0.6) is 0 Å². The Morgan fingerprint density at radius 2 is 1.89 bits per heavy atom. The van der Waals surface area contributed by atoms with Crippen molar-refractivity contribution in [1.82, 2.24) is 10.2 Å². The van der Waals surface area contributed by atoms with Gasteiger partial charge < -0.3 is 10.4 Å². The Morgan fingerprint density at radius 3 is 2.61 bits per heavy atom. The zero-order chi connectivity index (χ0) is 12.8. The quantitative estimate of drug-likeness (QED) is 0.761. The summed E-state index contributed by atoms with van der Waals surface area (Å²) in [4.78, 5) is 2.51. The van der Waals surface area contributed by atoms with E-state index in [1.165, 1.54) is 51.5 Å². The average molecular weight is 254 g/mol. The first kappa shape index (κ1) is 14.3. The van der Waals surface area contributed by atoms with E-state index in [9.17, 15) is 5.11 Å². The topological polar surface area (TPSA) is 35.5 Å². The van der Waals surface area contributed by atoms with E-state index < -0.39 is 0 Å². The van der Waals surface area contributed by atoms with Gasteiger partial charge in [0.2, 0.25) is 0 Å². The highest BCUT2D eigenvalue weighted by Crippen LogP contribution is 2.29. The highest BCUT2D eigenvalue weighted by Gasteiger charge is 2.25. The molecule has 2 aliphatic rings. The van der Waals surface area contributed by atoms with E-state index in [-0.39, 0.29) is 6.10 Å². The molecule has 1 aliphatic heterocycles. The number of likely N-dealkylation sites (N-methyl/N-ethyl adjacent to an activating group) is 1. The van der Waals surface area contributed by atoms with Crippen LogP contribution in [0.15, 0.2) is 0 Å². The van der Waals surface area contributed by atoms with Gasteiger partial charge in [-0.3, -0.25) is 4.90 Å². The maximum absolute atomic E-state index is 10.3. The molecule has 0 bridgehead atoms. The number of rotatable bonds is 6. The highest BCUT2D eigenvalue weighted by molar-refractivity contribution is 4.81. The van der Waals surface area contributed by atoms with Gasteiger partial charge in [0, 0.05) is 19.1 Å². The van der Waals surface area contributed by atoms with Crippen molar-refractivity contribution in [2.75, 3.05) is 26.7 Å². The second-order valence-electron chi connectivity index (χ2n) is 6.24. The third kappa shape index (κ3) is 4.22. The molecule has 2 unspecified atom stereocenters. The molecular formula is C15H30N2O. The Bertz CT molecular complexity index is 227. The molecule has 0 aromatic heterocycles. The summed E-state index contributed by atoms with van der Waals surface area (Å²) in [7, 11) is 2.03. The molecule has 1 saturated carbocycles. The SMILES string of the molecule is CNCC1CCCCN1CC(O)CC1CCCC1. The van der Waals surface area contributed by atoms with Gasteiger partial charge in [0.15, 0.2) is 0 Å². The fourth-order valence-corrected chi connectivity index (χ4v) is 3.74. The van der Waals surface area contributed by atoms with Gasteiger partial charge in [-0.1, -0.05) is 32.1 Å². The van der Waals surface area contributed by atoms with Crippen LogP contribution >= 0.6 is 0 Å². The Balaban J connectivity index is 1.74. The van der Waals surface area contributed by atoms with Crippen LogP contribution in [0.2, 0.25) is 0 Å². The number of aliphatic hydroxyl groups excluding tert-OH is 1. The van der Waals surface area contributed by atoms with Crippen LogP contribution in [-0.2, 0) is 0 Å². The second-order valence-corrected chi connectivity index (χ2v) is 6.24. The lowest BCUT2D eigenvalue weighted by atomic mass is 9.97. The lowest BCUT2D eigenvalue weighted by Crippen LogP contribution is -2.48. The Morgan fingerprint density at radius 1 is 1.17 bits per heavy atom. The standard InChI is InChI=1S/C15H30N2O/c1-16-11-14-8-4-5-9-17(14)12-15(18)10-13-6-2-3-7-13/h13-16,18H,2-12H2,1H3. The van der Waals surface area contributed by atoms with Gasteiger partial charge >= 0.3 is 0 Å². The first-order valence-corrected chi connectivity index (χ1v) is 7.86. The summed E-state index contributed by atoms with van der Waals surface area (Å²) < 4.78 is 0. The molecule has 0 amide bonds. The number of hydrogen-bond acceptors (Lipinski definition) is 3. The molecule has 1 aliphatic carbocycles. The van der Waals surface area contributed by atoms with Crippen LogP contribution in [0, 0.1) is 5.92 Å².